The van der Waals surface area contributed by atoms with E-state index in [1.165, 1.54) is 24.4 Å². The first-order valence-electron chi connectivity index (χ1n) is 3.72. The summed E-state index contributed by atoms with van der Waals surface area (Å²) in [5.41, 5.74) is -0.439. The van der Waals surface area contributed by atoms with Gasteiger partial charge in [-0.2, -0.15) is 13.2 Å². The molecule has 0 radical (unpaired) electrons. The lowest BCUT2D eigenvalue weighted by Gasteiger charge is -1.93. The first-order chi connectivity index (χ1) is 7.23. The number of hydrogen-bond donors (Lipinski definition) is 2. The van der Waals surface area contributed by atoms with Gasteiger partial charge in [-0.05, 0) is 6.07 Å². The summed E-state index contributed by atoms with van der Waals surface area (Å²) >= 11 is 0. The van der Waals surface area contributed by atoms with E-state index in [1.54, 1.807) is 0 Å². The fourth-order valence-electron chi connectivity index (χ4n) is 0.467. The minimum absolute atomic E-state index is 0.173. The maximum Gasteiger partial charge on any atom is 0.490 e. The van der Waals surface area contributed by atoms with Gasteiger partial charge in [0.05, 0.1) is 0 Å². The Bertz CT molecular complexity index is 436. The SMILES string of the molecule is O=C(O)C(F)(F)F.O=c1cc[nH]c(=O)cc1. The normalized spacial score (nSPS) is 9.94. The number of alkyl halides is 3. The first kappa shape index (κ1) is 13.9. The molecule has 88 valence electrons. The highest BCUT2D eigenvalue weighted by Crippen LogP contribution is 2.13. The van der Waals surface area contributed by atoms with Gasteiger partial charge in [0.2, 0.25) is 5.56 Å². The molecule has 0 aromatic carbocycles. The first-order valence-corrected chi connectivity index (χ1v) is 3.72. The molecule has 5 nitrogen and oxygen atoms in total. The highest BCUT2D eigenvalue weighted by Gasteiger charge is 2.38. The Balaban J connectivity index is 0.000000293. The Morgan fingerprint density at radius 2 is 1.69 bits per heavy atom. The number of carboxylic acid groups (broad SMARTS) is 1. The Kier molecular flexibility index (Phi) is 4.93. The number of halogens is 3. The zero-order chi connectivity index (χ0) is 12.8. The second kappa shape index (κ2) is 5.69. The van der Waals surface area contributed by atoms with E-state index in [1.807, 2.05) is 0 Å². The number of H-pyrrole nitrogens is 1. The Labute approximate surface area is 86.2 Å². The van der Waals surface area contributed by atoms with Crippen molar-refractivity contribution in [3.63, 3.8) is 0 Å². The summed E-state index contributed by atoms with van der Waals surface area (Å²) in [7, 11) is 0. The molecule has 0 aliphatic rings. The molecule has 0 saturated heterocycles. The smallest absolute Gasteiger partial charge is 0.475 e. The molecule has 1 rings (SSSR count). The van der Waals surface area contributed by atoms with Gasteiger partial charge < -0.3 is 10.1 Å². The number of rotatable bonds is 0. The zero-order valence-corrected chi connectivity index (χ0v) is 7.62. The van der Waals surface area contributed by atoms with Crippen molar-refractivity contribution in [3.8, 4) is 0 Å². The van der Waals surface area contributed by atoms with E-state index in [-0.39, 0.29) is 11.0 Å². The Hall–Kier alpha value is -2.12. The number of hydrogen-bond acceptors (Lipinski definition) is 3. The van der Waals surface area contributed by atoms with E-state index in [9.17, 15) is 22.8 Å². The summed E-state index contributed by atoms with van der Waals surface area (Å²) in [6.07, 6.45) is -3.76. The van der Waals surface area contributed by atoms with Crippen LogP contribution in [0.5, 0.6) is 0 Å². The van der Waals surface area contributed by atoms with Crippen LogP contribution in [0.25, 0.3) is 0 Å². The third-order valence-corrected chi connectivity index (χ3v) is 1.11. The highest BCUT2D eigenvalue weighted by atomic mass is 19.4. The van der Waals surface area contributed by atoms with Gasteiger partial charge in [-0.1, -0.05) is 0 Å². The molecule has 2 N–H and O–H groups in total. The van der Waals surface area contributed by atoms with Crippen molar-refractivity contribution < 1.29 is 23.1 Å². The predicted molar refractivity (Wildman–Crippen MR) is 47.0 cm³/mol. The number of carbonyl (C=O) groups is 1. The van der Waals surface area contributed by atoms with E-state index in [4.69, 9.17) is 9.90 Å². The van der Waals surface area contributed by atoms with Crippen LogP contribution in [0.15, 0.2) is 34.0 Å². The minimum Gasteiger partial charge on any atom is -0.475 e. The Morgan fingerprint density at radius 1 is 1.19 bits per heavy atom. The second-order valence-corrected chi connectivity index (χ2v) is 2.38. The molecule has 0 aliphatic heterocycles. The third kappa shape index (κ3) is 6.35. The molecule has 0 spiro atoms. The van der Waals surface area contributed by atoms with Gasteiger partial charge in [0.1, 0.15) is 0 Å². The summed E-state index contributed by atoms with van der Waals surface area (Å²) in [6, 6.07) is 3.71. The van der Waals surface area contributed by atoms with Gasteiger partial charge in [-0.15, -0.1) is 0 Å². The van der Waals surface area contributed by atoms with Crippen LogP contribution in [0.1, 0.15) is 0 Å². The molecule has 0 fully saturated rings. The lowest BCUT2D eigenvalue weighted by Crippen LogP contribution is -2.21. The van der Waals surface area contributed by atoms with Crippen molar-refractivity contribution >= 4 is 5.97 Å². The number of aromatic nitrogens is 1. The van der Waals surface area contributed by atoms with Gasteiger partial charge in [0, 0.05) is 18.3 Å². The zero-order valence-electron chi connectivity index (χ0n) is 7.62. The van der Waals surface area contributed by atoms with E-state index < -0.39 is 12.1 Å². The van der Waals surface area contributed by atoms with Crippen LogP contribution in [-0.4, -0.2) is 22.2 Å². The fourth-order valence-corrected chi connectivity index (χ4v) is 0.467. The molecule has 0 atom stereocenters. The van der Waals surface area contributed by atoms with E-state index >= 15 is 0 Å². The van der Waals surface area contributed by atoms with Crippen molar-refractivity contribution in [1.82, 2.24) is 4.98 Å². The number of nitrogens with one attached hydrogen (secondary N) is 1. The van der Waals surface area contributed by atoms with Crippen molar-refractivity contribution in [1.29, 1.82) is 0 Å². The summed E-state index contributed by atoms with van der Waals surface area (Å²) in [4.78, 5) is 32.1. The summed E-state index contributed by atoms with van der Waals surface area (Å²) in [6.45, 7) is 0. The molecule has 1 heterocycles. The molecular weight excluding hydrogens is 231 g/mol. The molecule has 1 aromatic rings. The minimum atomic E-state index is -5.08. The summed E-state index contributed by atoms with van der Waals surface area (Å²) in [5.74, 6) is -2.76. The quantitative estimate of drug-likeness (QED) is 0.682. The van der Waals surface area contributed by atoms with E-state index in [0.717, 1.165) is 0 Å². The number of carboxylic acids is 1. The molecule has 0 aliphatic carbocycles. The number of aliphatic carboxylic acids is 1. The predicted octanol–water partition coefficient (Wildman–Crippen LogP) is 0.368. The van der Waals surface area contributed by atoms with Crippen LogP contribution in [0.4, 0.5) is 13.2 Å². The van der Waals surface area contributed by atoms with Gasteiger partial charge in [0.25, 0.3) is 0 Å². The largest absolute Gasteiger partial charge is 0.490 e. The van der Waals surface area contributed by atoms with Crippen molar-refractivity contribution in [3.05, 3.63) is 45.0 Å². The van der Waals surface area contributed by atoms with Crippen LogP contribution in [0, 0.1) is 0 Å². The summed E-state index contributed by atoms with van der Waals surface area (Å²) < 4.78 is 31.7. The second-order valence-electron chi connectivity index (χ2n) is 2.38. The molecule has 16 heavy (non-hydrogen) atoms. The Morgan fingerprint density at radius 3 is 2.12 bits per heavy atom. The molecular formula is C8H6F3NO4. The summed E-state index contributed by atoms with van der Waals surface area (Å²) in [5, 5.41) is 7.12. The van der Waals surface area contributed by atoms with E-state index in [0.29, 0.717) is 0 Å². The van der Waals surface area contributed by atoms with Crippen LogP contribution in [0.2, 0.25) is 0 Å². The number of aromatic amines is 1. The van der Waals surface area contributed by atoms with Gasteiger partial charge in [0.15, 0.2) is 5.43 Å². The van der Waals surface area contributed by atoms with Crippen LogP contribution < -0.4 is 11.0 Å². The maximum atomic E-state index is 10.6. The molecule has 0 bridgehead atoms. The molecule has 8 heteroatoms. The molecule has 0 unspecified atom stereocenters. The van der Waals surface area contributed by atoms with E-state index in [2.05, 4.69) is 4.98 Å². The van der Waals surface area contributed by atoms with Crippen molar-refractivity contribution in [2.24, 2.45) is 0 Å². The fraction of sp³-hybridized carbons (Fsp3) is 0.125. The average molecular weight is 237 g/mol. The van der Waals surface area contributed by atoms with Gasteiger partial charge in [-0.3, -0.25) is 9.59 Å². The molecule has 0 saturated carbocycles. The monoisotopic (exact) mass is 237 g/mol. The van der Waals surface area contributed by atoms with Gasteiger partial charge in [-0.25, -0.2) is 4.79 Å². The standard InChI is InChI=1S/C6H5NO2.C2HF3O2/c8-5-1-2-6(9)7-4-3-5;3-2(4,5)1(6)7/h1-4H,(H,7,9);(H,6,7). The average Bonchev–Trinajstić information content (AvgIpc) is 2.30. The topological polar surface area (TPSA) is 87.2 Å². The lowest BCUT2D eigenvalue weighted by molar-refractivity contribution is -0.192. The third-order valence-electron chi connectivity index (χ3n) is 1.11. The van der Waals surface area contributed by atoms with Crippen LogP contribution >= 0.6 is 0 Å². The van der Waals surface area contributed by atoms with Crippen LogP contribution in [0.3, 0.4) is 0 Å². The van der Waals surface area contributed by atoms with Crippen molar-refractivity contribution in [2.45, 2.75) is 6.18 Å². The maximum absolute atomic E-state index is 10.6. The molecule has 0 amide bonds. The van der Waals surface area contributed by atoms with Crippen LogP contribution in [-0.2, 0) is 4.79 Å². The highest BCUT2D eigenvalue weighted by molar-refractivity contribution is 5.73. The molecule has 1 aromatic heterocycles. The van der Waals surface area contributed by atoms with Gasteiger partial charge >= 0.3 is 12.1 Å². The van der Waals surface area contributed by atoms with Crippen molar-refractivity contribution in [2.75, 3.05) is 0 Å². The lowest BCUT2D eigenvalue weighted by atomic mass is 10.5.